The van der Waals surface area contributed by atoms with Crippen LogP contribution in [-0.4, -0.2) is 27.5 Å². The van der Waals surface area contributed by atoms with E-state index < -0.39 is 0 Å². The Morgan fingerprint density at radius 3 is 2.93 bits per heavy atom. The first kappa shape index (κ1) is 11.5. The second kappa shape index (κ2) is 5.36. The molecular formula is C9H18N4S. The molecule has 0 bridgehead atoms. The van der Waals surface area contributed by atoms with Gasteiger partial charge < -0.3 is 5.73 Å². The molecule has 0 amide bonds. The van der Waals surface area contributed by atoms with Gasteiger partial charge in [-0.15, -0.1) is 0 Å². The third kappa shape index (κ3) is 4.11. The van der Waals surface area contributed by atoms with Gasteiger partial charge >= 0.3 is 0 Å². The number of thioether (sulfide) groups is 1. The van der Waals surface area contributed by atoms with Gasteiger partial charge in [-0.2, -0.15) is 5.10 Å². The van der Waals surface area contributed by atoms with E-state index >= 15 is 0 Å². The standard InChI is InChI=1S/C9H18N4S/c1-9(2,6-10)4-3-5-14-8-11-7-12-13-8/h7H,3-6,10H2,1-2H3,(H,11,12,13). The van der Waals surface area contributed by atoms with Crippen LogP contribution in [0.25, 0.3) is 0 Å². The van der Waals surface area contributed by atoms with Gasteiger partial charge in [-0.3, -0.25) is 5.10 Å². The van der Waals surface area contributed by atoms with Gasteiger partial charge in [-0.25, -0.2) is 4.98 Å². The molecule has 5 heteroatoms. The molecule has 1 aromatic heterocycles. The van der Waals surface area contributed by atoms with Gasteiger partial charge in [0.1, 0.15) is 6.33 Å². The number of nitrogens with two attached hydrogens (primary N) is 1. The van der Waals surface area contributed by atoms with Gasteiger partial charge in [0.25, 0.3) is 0 Å². The van der Waals surface area contributed by atoms with Crippen LogP contribution in [0.3, 0.4) is 0 Å². The van der Waals surface area contributed by atoms with E-state index in [4.69, 9.17) is 5.73 Å². The van der Waals surface area contributed by atoms with Crippen molar-refractivity contribution in [3.63, 3.8) is 0 Å². The first-order valence-electron chi connectivity index (χ1n) is 4.82. The third-order valence-electron chi connectivity index (χ3n) is 2.18. The second-order valence-electron chi connectivity index (χ2n) is 4.11. The van der Waals surface area contributed by atoms with Crippen LogP contribution in [0.2, 0.25) is 0 Å². The number of rotatable bonds is 6. The van der Waals surface area contributed by atoms with Crippen molar-refractivity contribution >= 4 is 11.8 Å². The lowest BCUT2D eigenvalue weighted by Crippen LogP contribution is -2.23. The fourth-order valence-corrected chi connectivity index (χ4v) is 1.81. The van der Waals surface area contributed by atoms with E-state index in [0.717, 1.165) is 30.3 Å². The molecule has 4 nitrogen and oxygen atoms in total. The molecule has 0 saturated carbocycles. The van der Waals surface area contributed by atoms with E-state index in [1.807, 2.05) is 0 Å². The molecule has 3 N–H and O–H groups in total. The Morgan fingerprint density at radius 1 is 1.57 bits per heavy atom. The highest BCUT2D eigenvalue weighted by Gasteiger charge is 2.14. The zero-order chi connectivity index (χ0) is 10.4. The molecule has 1 rings (SSSR count). The number of nitrogens with one attached hydrogen (secondary N) is 1. The first-order valence-corrected chi connectivity index (χ1v) is 5.81. The maximum atomic E-state index is 5.65. The molecule has 0 aliphatic rings. The Labute approximate surface area is 89.1 Å². The van der Waals surface area contributed by atoms with Crippen molar-refractivity contribution in [1.82, 2.24) is 15.2 Å². The topological polar surface area (TPSA) is 67.6 Å². The summed E-state index contributed by atoms with van der Waals surface area (Å²) in [5.74, 6) is 1.07. The third-order valence-corrected chi connectivity index (χ3v) is 3.15. The summed E-state index contributed by atoms with van der Waals surface area (Å²) in [6.07, 6.45) is 3.85. The molecule has 0 saturated heterocycles. The summed E-state index contributed by atoms with van der Waals surface area (Å²) in [6, 6.07) is 0. The van der Waals surface area contributed by atoms with Gasteiger partial charge in [0.15, 0.2) is 5.16 Å². The molecule has 80 valence electrons. The highest BCUT2D eigenvalue weighted by Crippen LogP contribution is 2.22. The summed E-state index contributed by atoms with van der Waals surface area (Å²) >= 11 is 1.71. The van der Waals surface area contributed by atoms with E-state index in [1.54, 1.807) is 11.8 Å². The zero-order valence-electron chi connectivity index (χ0n) is 8.79. The summed E-state index contributed by atoms with van der Waals surface area (Å²) in [5.41, 5.74) is 5.91. The lowest BCUT2D eigenvalue weighted by molar-refractivity contribution is 0.345. The van der Waals surface area contributed by atoms with E-state index in [-0.39, 0.29) is 5.41 Å². The van der Waals surface area contributed by atoms with Crippen LogP contribution in [0.15, 0.2) is 11.5 Å². The van der Waals surface area contributed by atoms with Gasteiger partial charge in [0, 0.05) is 5.75 Å². The molecule has 0 aliphatic carbocycles. The van der Waals surface area contributed by atoms with Gasteiger partial charge in [0.2, 0.25) is 0 Å². The number of aromatic amines is 1. The largest absolute Gasteiger partial charge is 0.330 e. The Bertz CT molecular complexity index is 245. The predicted octanol–water partition coefficient (Wildman–Crippen LogP) is 1.66. The molecule has 0 radical (unpaired) electrons. The molecular weight excluding hydrogens is 196 g/mol. The average Bonchev–Trinajstić information content (AvgIpc) is 2.65. The van der Waals surface area contributed by atoms with Crippen molar-refractivity contribution in [2.24, 2.45) is 11.1 Å². The maximum absolute atomic E-state index is 5.65. The van der Waals surface area contributed by atoms with Crippen LogP contribution < -0.4 is 5.73 Å². The first-order chi connectivity index (χ1) is 6.64. The van der Waals surface area contributed by atoms with Crippen LogP contribution in [0.4, 0.5) is 0 Å². The molecule has 0 spiro atoms. The van der Waals surface area contributed by atoms with E-state index in [1.165, 1.54) is 6.33 Å². The number of H-pyrrole nitrogens is 1. The number of hydrogen-bond donors (Lipinski definition) is 2. The minimum Gasteiger partial charge on any atom is -0.330 e. The number of hydrogen-bond acceptors (Lipinski definition) is 4. The molecule has 1 heterocycles. The van der Waals surface area contributed by atoms with Crippen molar-refractivity contribution in [2.45, 2.75) is 31.8 Å². The Balaban J connectivity index is 2.11. The van der Waals surface area contributed by atoms with Crippen molar-refractivity contribution < 1.29 is 0 Å². The smallest absolute Gasteiger partial charge is 0.183 e. The molecule has 0 unspecified atom stereocenters. The molecule has 0 aliphatic heterocycles. The fraction of sp³-hybridized carbons (Fsp3) is 0.778. The fourth-order valence-electron chi connectivity index (χ4n) is 1.09. The quantitative estimate of drug-likeness (QED) is 0.558. The maximum Gasteiger partial charge on any atom is 0.183 e. The minimum atomic E-state index is 0.266. The normalized spacial score (nSPS) is 11.9. The molecule has 0 fully saturated rings. The van der Waals surface area contributed by atoms with Gasteiger partial charge in [-0.05, 0) is 24.8 Å². The van der Waals surface area contributed by atoms with E-state index in [0.29, 0.717) is 0 Å². The Kier molecular flexibility index (Phi) is 4.41. The summed E-state index contributed by atoms with van der Waals surface area (Å²) in [5, 5.41) is 7.51. The highest BCUT2D eigenvalue weighted by molar-refractivity contribution is 7.99. The highest BCUT2D eigenvalue weighted by atomic mass is 32.2. The summed E-state index contributed by atoms with van der Waals surface area (Å²) in [7, 11) is 0. The predicted molar refractivity (Wildman–Crippen MR) is 59.2 cm³/mol. The lowest BCUT2D eigenvalue weighted by Gasteiger charge is -2.21. The van der Waals surface area contributed by atoms with E-state index in [2.05, 4.69) is 29.0 Å². The van der Waals surface area contributed by atoms with Gasteiger partial charge in [-0.1, -0.05) is 25.6 Å². The van der Waals surface area contributed by atoms with Crippen molar-refractivity contribution in [3.05, 3.63) is 6.33 Å². The minimum absolute atomic E-state index is 0.266. The van der Waals surface area contributed by atoms with Crippen molar-refractivity contribution in [2.75, 3.05) is 12.3 Å². The molecule has 1 aromatic rings. The van der Waals surface area contributed by atoms with Gasteiger partial charge in [0.05, 0.1) is 0 Å². The van der Waals surface area contributed by atoms with Crippen LogP contribution >= 0.6 is 11.8 Å². The van der Waals surface area contributed by atoms with Crippen molar-refractivity contribution in [1.29, 1.82) is 0 Å². The summed E-state index contributed by atoms with van der Waals surface area (Å²) in [4.78, 5) is 4.04. The Hall–Kier alpha value is -0.550. The summed E-state index contributed by atoms with van der Waals surface area (Å²) in [6.45, 7) is 5.15. The Morgan fingerprint density at radius 2 is 2.36 bits per heavy atom. The van der Waals surface area contributed by atoms with Crippen LogP contribution in [0, 0.1) is 5.41 Å². The average molecular weight is 214 g/mol. The second-order valence-corrected chi connectivity index (χ2v) is 5.19. The van der Waals surface area contributed by atoms with E-state index in [9.17, 15) is 0 Å². The SMILES string of the molecule is CC(C)(CN)CCCSc1ncn[nH]1. The van der Waals surface area contributed by atoms with Crippen molar-refractivity contribution in [3.8, 4) is 0 Å². The van der Waals surface area contributed by atoms with Crippen LogP contribution in [0.5, 0.6) is 0 Å². The molecule has 0 atom stereocenters. The number of nitrogens with zero attached hydrogens (tertiary/aromatic N) is 2. The number of aromatic nitrogens is 3. The zero-order valence-corrected chi connectivity index (χ0v) is 9.60. The lowest BCUT2D eigenvalue weighted by atomic mass is 9.88. The monoisotopic (exact) mass is 214 g/mol. The molecule has 0 aromatic carbocycles. The summed E-state index contributed by atoms with van der Waals surface area (Å²) < 4.78 is 0. The molecule has 14 heavy (non-hydrogen) atoms. The van der Waals surface area contributed by atoms with Crippen LogP contribution in [0.1, 0.15) is 26.7 Å². The van der Waals surface area contributed by atoms with Crippen LogP contribution in [-0.2, 0) is 0 Å².